The highest BCUT2D eigenvalue weighted by molar-refractivity contribution is 4.71. The van der Waals surface area contributed by atoms with Gasteiger partial charge in [-0.05, 0) is 25.9 Å². The first-order valence-electron chi connectivity index (χ1n) is 4.90. The van der Waals surface area contributed by atoms with Crippen molar-refractivity contribution in [3.8, 4) is 0 Å². The van der Waals surface area contributed by atoms with Crippen LogP contribution in [-0.2, 0) is 4.74 Å². The number of hydrogen-bond acceptors (Lipinski definition) is 3. The largest absolute Gasteiger partial charge is 0.376 e. The third-order valence-corrected chi connectivity index (χ3v) is 2.25. The van der Waals surface area contributed by atoms with E-state index in [1.165, 1.54) is 13.0 Å². The minimum atomic E-state index is 0.385. The normalized spacial score (nSPS) is 26.0. The smallest absolute Gasteiger partial charge is 0.0714 e. The van der Waals surface area contributed by atoms with Gasteiger partial charge in [-0.3, -0.25) is 4.90 Å². The quantitative estimate of drug-likeness (QED) is 0.669. The summed E-state index contributed by atoms with van der Waals surface area (Å²) in [5, 5.41) is 0. The van der Waals surface area contributed by atoms with E-state index in [-0.39, 0.29) is 0 Å². The minimum Gasteiger partial charge on any atom is -0.376 e. The molecule has 0 aromatic carbocycles. The second-order valence-electron chi connectivity index (χ2n) is 3.37. The van der Waals surface area contributed by atoms with E-state index in [1.54, 1.807) is 0 Å². The molecule has 1 fully saturated rings. The van der Waals surface area contributed by atoms with Crippen LogP contribution in [0.5, 0.6) is 0 Å². The highest BCUT2D eigenvalue weighted by atomic mass is 16.5. The van der Waals surface area contributed by atoms with Crippen molar-refractivity contribution in [1.29, 1.82) is 0 Å². The maximum Gasteiger partial charge on any atom is 0.0714 e. The van der Waals surface area contributed by atoms with Gasteiger partial charge in [0.05, 0.1) is 12.7 Å². The van der Waals surface area contributed by atoms with E-state index in [0.29, 0.717) is 6.10 Å². The Morgan fingerprint density at radius 3 is 3.08 bits per heavy atom. The summed E-state index contributed by atoms with van der Waals surface area (Å²) in [6.45, 7) is 7.20. The average Bonchev–Trinajstić information content (AvgIpc) is 2.06. The van der Waals surface area contributed by atoms with Crippen LogP contribution in [0.15, 0.2) is 0 Å². The zero-order valence-electron chi connectivity index (χ0n) is 7.96. The lowest BCUT2D eigenvalue weighted by molar-refractivity contribution is -0.0305. The molecule has 1 unspecified atom stereocenters. The van der Waals surface area contributed by atoms with Gasteiger partial charge in [0.15, 0.2) is 0 Å². The van der Waals surface area contributed by atoms with Crippen molar-refractivity contribution in [3.63, 3.8) is 0 Å². The number of nitrogens with zero attached hydrogens (tertiary/aromatic N) is 1. The molecule has 0 saturated carbocycles. The molecule has 1 heterocycles. The number of hydrogen-bond donors (Lipinski definition) is 1. The Hall–Kier alpha value is -0.120. The van der Waals surface area contributed by atoms with Crippen LogP contribution in [0, 0.1) is 0 Å². The Labute approximate surface area is 74.9 Å². The summed E-state index contributed by atoms with van der Waals surface area (Å²) in [5.74, 6) is 0. The van der Waals surface area contributed by atoms with Crippen LogP contribution in [0.4, 0.5) is 0 Å². The van der Waals surface area contributed by atoms with Gasteiger partial charge in [0.25, 0.3) is 0 Å². The summed E-state index contributed by atoms with van der Waals surface area (Å²) in [5.41, 5.74) is 5.48. The Morgan fingerprint density at radius 2 is 2.42 bits per heavy atom. The fourth-order valence-electron chi connectivity index (χ4n) is 1.66. The number of nitrogens with two attached hydrogens (primary N) is 1. The molecule has 0 aromatic heterocycles. The van der Waals surface area contributed by atoms with Crippen LogP contribution in [-0.4, -0.2) is 43.8 Å². The third kappa shape index (κ3) is 3.09. The van der Waals surface area contributed by atoms with E-state index in [4.69, 9.17) is 10.5 Å². The predicted octanol–water partition coefficient (Wildman–Crippen LogP) is 0.446. The van der Waals surface area contributed by atoms with Gasteiger partial charge in [-0.1, -0.05) is 6.92 Å². The Bertz CT molecular complexity index is 103. The highest BCUT2D eigenvalue weighted by Gasteiger charge is 2.18. The maximum atomic E-state index is 5.57. The fourth-order valence-corrected chi connectivity index (χ4v) is 1.66. The molecule has 1 aliphatic heterocycles. The van der Waals surface area contributed by atoms with E-state index in [9.17, 15) is 0 Å². The number of ether oxygens (including phenoxy) is 1. The lowest BCUT2D eigenvalue weighted by atomic mass is 10.2. The van der Waals surface area contributed by atoms with Gasteiger partial charge in [0.2, 0.25) is 0 Å². The fraction of sp³-hybridized carbons (Fsp3) is 1.00. The molecule has 72 valence electrons. The molecule has 0 aliphatic carbocycles. The molecule has 1 rings (SSSR count). The summed E-state index contributed by atoms with van der Waals surface area (Å²) in [6.07, 6.45) is 2.62. The topological polar surface area (TPSA) is 38.5 Å². The SMILES string of the molecule is CCCN1CCOC(CCN)C1. The molecule has 3 nitrogen and oxygen atoms in total. The molecule has 12 heavy (non-hydrogen) atoms. The molecule has 0 spiro atoms. The molecule has 0 aromatic rings. The highest BCUT2D eigenvalue weighted by Crippen LogP contribution is 2.07. The zero-order valence-corrected chi connectivity index (χ0v) is 7.96. The Morgan fingerprint density at radius 1 is 1.58 bits per heavy atom. The summed E-state index contributed by atoms with van der Waals surface area (Å²) in [7, 11) is 0. The van der Waals surface area contributed by atoms with Crippen LogP contribution in [0.1, 0.15) is 19.8 Å². The third-order valence-electron chi connectivity index (χ3n) is 2.25. The van der Waals surface area contributed by atoms with Crippen LogP contribution in [0.3, 0.4) is 0 Å². The molecule has 1 saturated heterocycles. The van der Waals surface area contributed by atoms with Gasteiger partial charge in [-0.25, -0.2) is 0 Å². The van der Waals surface area contributed by atoms with Crippen molar-refractivity contribution in [3.05, 3.63) is 0 Å². The summed E-state index contributed by atoms with van der Waals surface area (Å²) in [4.78, 5) is 2.46. The molecule has 1 aliphatic rings. The Balaban J connectivity index is 2.20. The first-order chi connectivity index (χ1) is 5.86. The second kappa shape index (κ2) is 5.51. The van der Waals surface area contributed by atoms with E-state index in [0.717, 1.165) is 32.7 Å². The molecule has 0 radical (unpaired) electrons. The lowest BCUT2D eigenvalue weighted by Crippen LogP contribution is -2.43. The van der Waals surface area contributed by atoms with Crippen molar-refractivity contribution in [2.45, 2.75) is 25.9 Å². The number of morpholine rings is 1. The second-order valence-corrected chi connectivity index (χ2v) is 3.37. The van der Waals surface area contributed by atoms with Crippen molar-refractivity contribution in [2.24, 2.45) is 5.73 Å². The number of rotatable bonds is 4. The lowest BCUT2D eigenvalue weighted by Gasteiger charge is -2.32. The molecule has 0 amide bonds. The van der Waals surface area contributed by atoms with Gasteiger partial charge in [0, 0.05) is 13.1 Å². The van der Waals surface area contributed by atoms with E-state index in [2.05, 4.69) is 11.8 Å². The Kier molecular flexibility index (Phi) is 4.58. The van der Waals surface area contributed by atoms with Gasteiger partial charge >= 0.3 is 0 Å². The molecule has 3 heteroatoms. The summed E-state index contributed by atoms with van der Waals surface area (Å²) < 4.78 is 5.57. The summed E-state index contributed by atoms with van der Waals surface area (Å²) in [6, 6.07) is 0. The van der Waals surface area contributed by atoms with Crippen LogP contribution in [0.2, 0.25) is 0 Å². The van der Waals surface area contributed by atoms with Crippen LogP contribution in [0.25, 0.3) is 0 Å². The van der Waals surface area contributed by atoms with Gasteiger partial charge in [-0.15, -0.1) is 0 Å². The van der Waals surface area contributed by atoms with Gasteiger partial charge in [-0.2, -0.15) is 0 Å². The molecule has 2 N–H and O–H groups in total. The summed E-state index contributed by atoms with van der Waals surface area (Å²) >= 11 is 0. The van der Waals surface area contributed by atoms with Crippen LogP contribution >= 0.6 is 0 Å². The van der Waals surface area contributed by atoms with Crippen molar-refractivity contribution in [1.82, 2.24) is 4.90 Å². The van der Waals surface area contributed by atoms with Crippen molar-refractivity contribution < 1.29 is 4.74 Å². The molecular weight excluding hydrogens is 152 g/mol. The predicted molar refractivity (Wildman–Crippen MR) is 50.1 cm³/mol. The first-order valence-corrected chi connectivity index (χ1v) is 4.90. The van der Waals surface area contributed by atoms with E-state index < -0.39 is 0 Å². The van der Waals surface area contributed by atoms with Crippen molar-refractivity contribution >= 4 is 0 Å². The standard InChI is InChI=1S/C9H20N2O/c1-2-5-11-6-7-12-9(8-11)3-4-10/h9H,2-8,10H2,1H3. The monoisotopic (exact) mass is 172 g/mol. The average molecular weight is 172 g/mol. The van der Waals surface area contributed by atoms with Crippen molar-refractivity contribution in [2.75, 3.05) is 32.8 Å². The minimum absolute atomic E-state index is 0.385. The first kappa shape index (κ1) is 9.96. The molecular formula is C9H20N2O. The van der Waals surface area contributed by atoms with E-state index >= 15 is 0 Å². The van der Waals surface area contributed by atoms with Gasteiger partial charge in [0.1, 0.15) is 0 Å². The zero-order chi connectivity index (χ0) is 8.81. The van der Waals surface area contributed by atoms with Gasteiger partial charge < -0.3 is 10.5 Å². The molecule has 0 bridgehead atoms. The van der Waals surface area contributed by atoms with Crippen LogP contribution < -0.4 is 5.73 Å². The maximum absolute atomic E-state index is 5.57. The van der Waals surface area contributed by atoms with E-state index in [1.807, 2.05) is 0 Å². The molecule has 1 atom stereocenters.